The van der Waals surface area contributed by atoms with E-state index in [0.29, 0.717) is 11.3 Å². The van der Waals surface area contributed by atoms with E-state index in [-0.39, 0.29) is 12.0 Å². The second-order valence-corrected chi connectivity index (χ2v) is 7.04. The largest absolute Gasteiger partial charge is 0.369 e. The average Bonchev–Trinajstić information content (AvgIpc) is 2.56. The summed E-state index contributed by atoms with van der Waals surface area (Å²) in [7, 11) is -4.70. The molecule has 2 aromatic rings. The number of carbonyl (C=O) groups is 2. The number of nitrogens with one attached hydrogen (secondary N) is 1. The number of halogens is 2. The summed E-state index contributed by atoms with van der Waals surface area (Å²) < 4.78 is 47.6. The summed E-state index contributed by atoms with van der Waals surface area (Å²) in [5.74, 6) is -4.54. The molecule has 0 bridgehead atoms. The number of hydrogen-bond acceptors (Lipinski definition) is 4. The molecule has 0 aromatic heterocycles. The summed E-state index contributed by atoms with van der Waals surface area (Å²) in [5.41, 5.74) is 6.32. The van der Waals surface area contributed by atoms with Crippen molar-refractivity contribution in [2.45, 2.75) is 17.1 Å². The number of hydrogen-bond donors (Lipinski definition) is 2. The van der Waals surface area contributed by atoms with Crippen LogP contribution in [-0.2, 0) is 21.1 Å². The minimum Gasteiger partial charge on any atom is -0.369 e. The quantitative estimate of drug-likeness (QED) is 0.813. The van der Waals surface area contributed by atoms with Crippen molar-refractivity contribution in [3.63, 3.8) is 0 Å². The zero-order valence-electron chi connectivity index (χ0n) is 12.8. The van der Waals surface area contributed by atoms with Gasteiger partial charge in [-0.05, 0) is 42.0 Å². The molecule has 132 valence electrons. The van der Waals surface area contributed by atoms with E-state index in [9.17, 15) is 26.8 Å². The number of anilines is 1. The Kier molecular flexibility index (Phi) is 5.48. The second kappa shape index (κ2) is 7.39. The lowest BCUT2D eigenvalue weighted by Gasteiger charge is -2.07. The molecule has 9 heteroatoms. The molecule has 2 aromatic carbocycles. The van der Waals surface area contributed by atoms with Gasteiger partial charge in [0.1, 0.15) is 0 Å². The van der Waals surface area contributed by atoms with Crippen LogP contribution in [0, 0.1) is 0 Å². The molecule has 0 heterocycles. The number of sulfone groups is 1. The fourth-order valence-electron chi connectivity index (χ4n) is 2.01. The van der Waals surface area contributed by atoms with E-state index in [0.717, 1.165) is 24.3 Å². The molecule has 0 unspecified atom stereocenters. The molecule has 2 amide bonds. The van der Waals surface area contributed by atoms with Crippen molar-refractivity contribution in [1.82, 2.24) is 0 Å². The van der Waals surface area contributed by atoms with Gasteiger partial charge in [-0.1, -0.05) is 12.1 Å². The monoisotopic (exact) mass is 368 g/mol. The molecule has 0 spiro atoms. The normalized spacial score (nSPS) is 11.3. The number of benzene rings is 2. The van der Waals surface area contributed by atoms with E-state index < -0.39 is 32.3 Å². The minimum atomic E-state index is -4.70. The van der Waals surface area contributed by atoms with Gasteiger partial charge in [-0.2, -0.15) is 8.78 Å². The second-order valence-electron chi connectivity index (χ2n) is 5.12. The van der Waals surface area contributed by atoms with Gasteiger partial charge in [-0.3, -0.25) is 9.59 Å². The van der Waals surface area contributed by atoms with Crippen LogP contribution in [-0.4, -0.2) is 26.0 Å². The first-order chi connectivity index (χ1) is 11.7. The fraction of sp³-hybridized carbons (Fsp3) is 0.125. The van der Waals surface area contributed by atoms with Gasteiger partial charge in [0.25, 0.3) is 5.91 Å². The number of carbonyl (C=O) groups excluding carboxylic acids is 2. The zero-order chi connectivity index (χ0) is 18.6. The number of amides is 2. The molecule has 0 aliphatic rings. The standard InChI is InChI=1S/C16H14F2N2O4S/c17-16(18)25(23,24)13-7-3-11(4-8-13)15(22)20-12-5-1-10(2-6-12)9-14(19)21/h1-8,16H,9H2,(H2,19,21)(H,20,22). The van der Waals surface area contributed by atoms with Gasteiger partial charge >= 0.3 is 5.76 Å². The highest BCUT2D eigenvalue weighted by atomic mass is 32.2. The van der Waals surface area contributed by atoms with Crippen molar-refractivity contribution in [3.05, 3.63) is 59.7 Å². The summed E-state index contributed by atoms with van der Waals surface area (Å²) in [6, 6.07) is 10.6. The van der Waals surface area contributed by atoms with E-state index >= 15 is 0 Å². The first kappa shape index (κ1) is 18.5. The van der Waals surface area contributed by atoms with Gasteiger partial charge in [0.15, 0.2) is 0 Å². The third kappa shape index (κ3) is 4.60. The maximum absolute atomic E-state index is 12.5. The Morgan fingerprint density at radius 3 is 2.04 bits per heavy atom. The summed E-state index contributed by atoms with van der Waals surface area (Å²) in [4.78, 5) is 22.3. The molecule has 25 heavy (non-hydrogen) atoms. The van der Waals surface area contributed by atoms with E-state index in [1.165, 1.54) is 0 Å². The van der Waals surface area contributed by atoms with Crippen molar-refractivity contribution < 1.29 is 26.8 Å². The molecular formula is C16H14F2N2O4S. The molecule has 3 N–H and O–H groups in total. The molecule has 0 atom stereocenters. The molecule has 0 radical (unpaired) electrons. The fourth-order valence-corrected chi connectivity index (χ4v) is 2.73. The van der Waals surface area contributed by atoms with Crippen LogP contribution in [0.2, 0.25) is 0 Å². The molecule has 0 aliphatic heterocycles. The summed E-state index contributed by atoms with van der Waals surface area (Å²) in [5, 5.41) is 2.57. The van der Waals surface area contributed by atoms with Gasteiger partial charge in [-0.25, -0.2) is 8.42 Å². The lowest BCUT2D eigenvalue weighted by Crippen LogP contribution is -2.15. The van der Waals surface area contributed by atoms with Crippen molar-refractivity contribution in [3.8, 4) is 0 Å². The maximum Gasteiger partial charge on any atom is 0.341 e. The SMILES string of the molecule is NC(=O)Cc1ccc(NC(=O)c2ccc(S(=O)(=O)C(F)F)cc2)cc1. The Bertz CT molecular complexity index is 879. The topological polar surface area (TPSA) is 106 Å². The predicted octanol–water partition coefficient (Wildman–Crippen LogP) is 1.96. The highest BCUT2D eigenvalue weighted by molar-refractivity contribution is 7.91. The van der Waals surface area contributed by atoms with Crippen LogP contribution in [0.4, 0.5) is 14.5 Å². The lowest BCUT2D eigenvalue weighted by atomic mass is 10.1. The third-order valence-electron chi connectivity index (χ3n) is 3.27. The summed E-state index contributed by atoms with van der Waals surface area (Å²) in [6.45, 7) is 0. The number of alkyl halides is 2. The predicted molar refractivity (Wildman–Crippen MR) is 86.9 cm³/mol. The summed E-state index contributed by atoms with van der Waals surface area (Å²) in [6.07, 6.45) is 0.0777. The highest BCUT2D eigenvalue weighted by Crippen LogP contribution is 2.19. The van der Waals surface area contributed by atoms with Gasteiger partial charge in [-0.15, -0.1) is 0 Å². The zero-order valence-corrected chi connectivity index (χ0v) is 13.6. The van der Waals surface area contributed by atoms with Crippen LogP contribution in [0.5, 0.6) is 0 Å². The molecular weight excluding hydrogens is 354 g/mol. The van der Waals surface area contributed by atoms with Crippen molar-refractivity contribution in [1.29, 1.82) is 0 Å². The van der Waals surface area contributed by atoms with E-state index in [4.69, 9.17) is 5.73 Å². The van der Waals surface area contributed by atoms with Crippen LogP contribution in [0.1, 0.15) is 15.9 Å². The Hall–Kier alpha value is -2.81. The average molecular weight is 368 g/mol. The van der Waals surface area contributed by atoms with Gasteiger partial charge in [0.2, 0.25) is 15.7 Å². The van der Waals surface area contributed by atoms with Crippen LogP contribution in [0.15, 0.2) is 53.4 Å². The van der Waals surface area contributed by atoms with Crippen molar-refractivity contribution in [2.24, 2.45) is 5.73 Å². The van der Waals surface area contributed by atoms with E-state index in [1.807, 2.05) is 0 Å². The Labute approximate surface area is 142 Å². The number of rotatable bonds is 6. The van der Waals surface area contributed by atoms with Crippen LogP contribution < -0.4 is 11.1 Å². The van der Waals surface area contributed by atoms with Gasteiger partial charge in [0, 0.05) is 11.3 Å². The Morgan fingerprint density at radius 2 is 1.56 bits per heavy atom. The van der Waals surface area contributed by atoms with Crippen molar-refractivity contribution in [2.75, 3.05) is 5.32 Å². The molecule has 0 saturated carbocycles. The van der Waals surface area contributed by atoms with Crippen LogP contribution in [0.3, 0.4) is 0 Å². The molecule has 0 fully saturated rings. The number of primary amides is 1. The highest BCUT2D eigenvalue weighted by Gasteiger charge is 2.26. The minimum absolute atomic E-state index is 0.0777. The third-order valence-corrected chi connectivity index (χ3v) is 4.67. The Balaban J connectivity index is 2.10. The van der Waals surface area contributed by atoms with E-state index in [1.54, 1.807) is 24.3 Å². The first-order valence-corrected chi connectivity index (χ1v) is 8.55. The van der Waals surface area contributed by atoms with E-state index in [2.05, 4.69) is 5.32 Å². The molecule has 2 rings (SSSR count). The molecule has 0 saturated heterocycles. The van der Waals surface area contributed by atoms with Gasteiger partial charge in [0.05, 0.1) is 11.3 Å². The Morgan fingerprint density at radius 1 is 1.00 bits per heavy atom. The number of nitrogens with two attached hydrogens (primary N) is 1. The maximum atomic E-state index is 12.5. The van der Waals surface area contributed by atoms with Gasteiger partial charge < -0.3 is 11.1 Å². The van der Waals surface area contributed by atoms with Crippen molar-refractivity contribution >= 4 is 27.3 Å². The summed E-state index contributed by atoms with van der Waals surface area (Å²) >= 11 is 0. The van der Waals surface area contributed by atoms with Crippen LogP contribution >= 0.6 is 0 Å². The lowest BCUT2D eigenvalue weighted by molar-refractivity contribution is -0.117. The molecule has 6 nitrogen and oxygen atoms in total. The smallest absolute Gasteiger partial charge is 0.341 e. The van der Waals surface area contributed by atoms with Crippen LogP contribution in [0.25, 0.3) is 0 Å². The molecule has 0 aliphatic carbocycles. The first-order valence-electron chi connectivity index (χ1n) is 7.01.